The fourth-order valence-corrected chi connectivity index (χ4v) is 4.68. The molecule has 13 heteroatoms. The number of halogens is 1. The summed E-state index contributed by atoms with van der Waals surface area (Å²) >= 11 is 6.04. The number of fused-ring (bicyclic) bond motifs is 1. The lowest BCUT2D eigenvalue weighted by molar-refractivity contribution is -0.114. The Labute approximate surface area is 236 Å². The number of anilines is 2. The lowest BCUT2D eigenvalue weighted by Gasteiger charge is -2.19. The van der Waals surface area contributed by atoms with E-state index in [0.29, 0.717) is 33.0 Å². The highest BCUT2D eigenvalue weighted by Crippen LogP contribution is 2.22. The zero-order valence-corrected chi connectivity index (χ0v) is 22.5. The van der Waals surface area contributed by atoms with Crippen molar-refractivity contribution in [2.75, 3.05) is 10.4 Å². The summed E-state index contributed by atoms with van der Waals surface area (Å²) in [6.45, 7) is 1.70. The van der Waals surface area contributed by atoms with Crippen LogP contribution in [0.2, 0.25) is 5.02 Å². The number of nitrogens with one attached hydrogen (secondary N) is 2. The summed E-state index contributed by atoms with van der Waals surface area (Å²) in [5, 5.41) is 5.62. The average molecular weight is 569 g/mol. The van der Waals surface area contributed by atoms with Crippen LogP contribution in [0.5, 0.6) is 0 Å². The van der Waals surface area contributed by atoms with Crippen molar-refractivity contribution in [3.63, 3.8) is 0 Å². The fraction of sp³-hybridized carbons (Fsp3) is 0.0714. The molecule has 0 saturated carbocycles. The van der Waals surface area contributed by atoms with Crippen LogP contribution >= 0.6 is 11.6 Å². The maximum absolute atomic E-state index is 13.6. The van der Waals surface area contributed by atoms with Crippen molar-refractivity contribution in [2.45, 2.75) is 6.92 Å². The van der Waals surface area contributed by atoms with Crippen LogP contribution in [0.15, 0.2) is 93.6 Å². The summed E-state index contributed by atoms with van der Waals surface area (Å²) in [6.07, 6.45) is 0. The van der Waals surface area contributed by atoms with Gasteiger partial charge in [-0.15, -0.1) is 0 Å². The molecule has 2 aromatic heterocycles. The molecule has 0 spiro atoms. The molecule has 0 atom stereocenters. The molecule has 0 unspecified atom stereocenters. The number of aromatic nitrogens is 4. The van der Waals surface area contributed by atoms with E-state index in [4.69, 9.17) is 11.6 Å². The Morgan fingerprint density at radius 1 is 0.854 bits per heavy atom. The molecule has 1 fully saturated rings. The summed E-state index contributed by atoms with van der Waals surface area (Å²) < 4.78 is 4.27. The van der Waals surface area contributed by atoms with Gasteiger partial charge in [0, 0.05) is 12.1 Å². The Hall–Kier alpha value is -5.49. The molecule has 12 nitrogen and oxygen atoms in total. The number of hydrogen-bond acceptors (Lipinski definition) is 7. The molecule has 0 aliphatic carbocycles. The van der Waals surface area contributed by atoms with E-state index >= 15 is 0 Å². The molecule has 0 bridgehead atoms. The van der Waals surface area contributed by atoms with Gasteiger partial charge in [-0.3, -0.25) is 34.7 Å². The number of amides is 2. The minimum absolute atomic E-state index is 0.0878. The highest BCUT2D eigenvalue weighted by Gasteiger charge is 2.39. The van der Waals surface area contributed by atoms with Gasteiger partial charge in [-0.05, 0) is 55.5 Å². The molecular weight excluding hydrogens is 548 g/mol. The van der Waals surface area contributed by atoms with Crippen molar-refractivity contribution in [1.82, 2.24) is 24.3 Å². The summed E-state index contributed by atoms with van der Waals surface area (Å²) in [5.41, 5.74) is 5.57. The lowest BCUT2D eigenvalue weighted by atomic mass is 10.2. The first-order valence-corrected chi connectivity index (χ1v) is 12.7. The minimum atomic E-state index is -0.871. The van der Waals surface area contributed by atoms with E-state index < -0.39 is 28.6 Å². The van der Waals surface area contributed by atoms with Crippen LogP contribution in [0.25, 0.3) is 22.3 Å². The molecular formula is C28H21ClN8O4. The van der Waals surface area contributed by atoms with Crippen LogP contribution < -0.4 is 27.0 Å². The van der Waals surface area contributed by atoms with E-state index in [2.05, 4.69) is 20.9 Å². The van der Waals surface area contributed by atoms with E-state index in [1.807, 2.05) is 6.07 Å². The lowest BCUT2D eigenvalue weighted by Crippen LogP contribution is -2.41. The maximum Gasteiger partial charge on any atom is 0.305 e. The number of carbonyl (C=O) groups is 2. The van der Waals surface area contributed by atoms with Gasteiger partial charge in [-0.2, -0.15) is 10.1 Å². The van der Waals surface area contributed by atoms with Crippen molar-refractivity contribution in [3.8, 4) is 11.4 Å². The van der Waals surface area contributed by atoms with E-state index in [1.54, 1.807) is 91.4 Å². The topological polar surface area (TPSA) is 136 Å². The van der Waals surface area contributed by atoms with Crippen LogP contribution in [-0.2, 0) is 16.6 Å². The van der Waals surface area contributed by atoms with E-state index in [1.165, 1.54) is 9.25 Å². The van der Waals surface area contributed by atoms with Crippen LogP contribution in [0.1, 0.15) is 5.69 Å². The fourth-order valence-electron chi connectivity index (χ4n) is 4.55. The molecule has 5 aromatic rings. The van der Waals surface area contributed by atoms with Crippen molar-refractivity contribution < 1.29 is 9.59 Å². The largest absolute Gasteiger partial charge is 0.305 e. The number of carbonyl (C=O) groups excluding carboxylic acids is 2. The van der Waals surface area contributed by atoms with E-state index in [0.717, 1.165) is 5.01 Å². The van der Waals surface area contributed by atoms with Crippen molar-refractivity contribution >= 4 is 51.7 Å². The van der Waals surface area contributed by atoms with E-state index in [-0.39, 0.29) is 11.6 Å². The third-order valence-electron chi connectivity index (χ3n) is 6.71. The monoisotopic (exact) mass is 568 g/mol. The van der Waals surface area contributed by atoms with Gasteiger partial charge in [0.2, 0.25) is 11.7 Å². The number of hydrazone groups is 1. The molecule has 2 amide bonds. The van der Waals surface area contributed by atoms with Gasteiger partial charge < -0.3 is 0 Å². The predicted molar refractivity (Wildman–Crippen MR) is 155 cm³/mol. The summed E-state index contributed by atoms with van der Waals surface area (Å²) in [7, 11) is 1.71. The second-order valence-corrected chi connectivity index (χ2v) is 9.57. The Balaban J connectivity index is 1.41. The molecule has 6 rings (SSSR count). The van der Waals surface area contributed by atoms with Gasteiger partial charge in [-0.25, -0.2) is 14.2 Å². The van der Waals surface area contributed by atoms with Gasteiger partial charge in [-0.1, -0.05) is 41.9 Å². The Kier molecular flexibility index (Phi) is 6.23. The minimum Gasteiger partial charge on any atom is -0.283 e. The molecule has 2 N–H and O–H groups in total. The number of rotatable bonds is 5. The first-order valence-electron chi connectivity index (χ1n) is 12.4. The normalized spacial score (nSPS) is 14.2. The number of para-hydroxylation sites is 2. The summed E-state index contributed by atoms with van der Waals surface area (Å²) in [4.78, 5) is 57.7. The van der Waals surface area contributed by atoms with Gasteiger partial charge in [0.05, 0.1) is 28.0 Å². The standard InChI is InChI=1S/C28H21ClN8O4/c1-16-22(27(41)37(34(16)2)19-8-4-3-5-9-19)31-32-23-24(38)33-36(26(23)40)28-30-21-11-7-6-10-20(21)25(39)35(28)18-14-12-17(29)13-15-18/h3-15,31H,1-2H3,(H,33,38)/b32-23+. The molecule has 1 aliphatic heterocycles. The average Bonchev–Trinajstić information content (AvgIpc) is 3.38. The third kappa shape index (κ3) is 4.26. The first kappa shape index (κ1) is 25.8. The highest BCUT2D eigenvalue weighted by atomic mass is 35.5. The van der Waals surface area contributed by atoms with Gasteiger partial charge in [0.15, 0.2) is 0 Å². The summed E-state index contributed by atoms with van der Waals surface area (Å²) in [5.74, 6) is -1.87. The molecule has 1 aliphatic rings. The molecule has 1 saturated heterocycles. The first-order chi connectivity index (χ1) is 19.8. The SMILES string of the molecule is Cc1c(N/N=C2\C(=O)NN(c3nc4ccccc4c(=O)n3-c3ccc(Cl)cc3)C2=O)c(=O)n(-c2ccccc2)n1C. The molecule has 3 heterocycles. The van der Waals surface area contributed by atoms with Crippen molar-refractivity contribution in [3.05, 3.63) is 110 Å². The van der Waals surface area contributed by atoms with Gasteiger partial charge >= 0.3 is 5.91 Å². The number of hydrazine groups is 1. The number of nitrogens with zero attached hydrogens (tertiary/aromatic N) is 6. The Morgan fingerprint density at radius 3 is 2.27 bits per heavy atom. The molecule has 204 valence electrons. The summed E-state index contributed by atoms with van der Waals surface area (Å²) in [6, 6.07) is 22.0. The molecule has 3 aromatic carbocycles. The maximum atomic E-state index is 13.6. The molecule has 0 radical (unpaired) electrons. The quantitative estimate of drug-likeness (QED) is 0.313. The number of hydrogen-bond donors (Lipinski definition) is 2. The van der Waals surface area contributed by atoms with Crippen LogP contribution in [0.3, 0.4) is 0 Å². The predicted octanol–water partition coefficient (Wildman–Crippen LogP) is 2.68. The van der Waals surface area contributed by atoms with Crippen LogP contribution in [0.4, 0.5) is 11.6 Å². The third-order valence-corrected chi connectivity index (χ3v) is 6.96. The zero-order chi connectivity index (χ0) is 28.8. The van der Waals surface area contributed by atoms with Crippen molar-refractivity contribution in [1.29, 1.82) is 0 Å². The Bertz CT molecular complexity index is 2010. The number of benzene rings is 3. The zero-order valence-electron chi connectivity index (χ0n) is 21.7. The van der Waals surface area contributed by atoms with Crippen molar-refractivity contribution in [2.24, 2.45) is 12.1 Å². The van der Waals surface area contributed by atoms with Gasteiger partial charge in [0.1, 0.15) is 5.69 Å². The van der Waals surface area contributed by atoms with Gasteiger partial charge in [0.25, 0.3) is 17.0 Å². The second kappa shape index (κ2) is 9.92. The smallest absolute Gasteiger partial charge is 0.283 e. The van der Waals surface area contributed by atoms with Crippen LogP contribution in [-0.4, -0.2) is 36.4 Å². The highest BCUT2D eigenvalue weighted by molar-refractivity contribution is 6.70. The Morgan fingerprint density at radius 2 is 1.54 bits per heavy atom. The second-order valence-electron chi connectivity index (χ2n) is 9.14. The molecule has 41 heavy (non-hydrogen) atoms. The van der Waals surface area contributed by atoms with E-state index in [9.17, 15) is 19.2 Å². The van der Waals surface area contributed by atoms with Crippen LogP contribution in [0, 0.1) is 6.92 Å².